The van der Waals surface area contributed by atoms with Gasteiger partial charge in [0.1, 0.15) is 0 Å². The number of nitrogens with one attached hydrogen (secondary N) is 1. The molecule has 0 aromatic rings. The average Bonchev–Trinajstić information content (AvgIpc) is 2.96. The number of ether oxygens (including phenoxy) is 1. The molecule has 3 rings (SSSR count). The van der Waals surface area contributed by atoms with Gasteiger partial charge in [-0.1, -0.05) is 0 Å². The van der Waals surface area contributed by atoms with Gasteiger partial charge in [-0.2, -0.15) is 0 Å². The molecule has 4 nitrogen and oxygen atoms in total. The van der Waals surface area contributed by atoms with Gasteiger partial charge < -0.3 is 15.0 Å². The van der Waals surface area contributed by atoms with Crippen LogP contribution in [-0.2, 0) is 9.53 Å². The van der Waals surface area contributed by atoms with Crippen LogP contribution in [0.25, 0.3) is 0 Å². The molecule has 17 heavy (non-hydrogen) atoms. The van der Waals surface area contributed by atoms with Crippen LogP contribution in [0.1, 0.15) is 32.1 Å². The molecule has 2 saturated heterocycles. The van der Waals surface area contributed by atoms with Crippen LogP contribution in [0.15, 0.2) is 0 Å². The summed E-state index contributed by atoms with van der Waals surface area (Å²) in [5.41, 5.74) is 0. The lowest BCUT2D eigenvalue weighted by atomic mass is 9.88. The maximum atomic E-state index is 12.6. The second-order valence-corrected chi connectivity index (χ2v) is 5.65. The van der Waals surface area contributed by atoms with Gasteiger partial charge in [0.25, 0.3) is 0 Å². The predicted molar refractivity (Wildman–Crippen MR) is 64.7 cm³/mol. The number of hydrogen-bond donors (Lipinski definition) is 1. The zero-order chi connectivity index (χ0) is 11.8. The fourth-order valence-corrected chi connectivity index (χ4v) is 3.36. The first kappa shape index (κ1) is 11.5. The lowest BCUT2D eigenvalue weighted by Crippen LogP contribution is -2.43. The molecule has 2 heterocycles. The number of fused-ring (bicyclic) bond motifs is 2. The molecule has 4 heteroatoms. The molecule has 3 atom stereocenters. The Morgan fingerprint density at radius 1 is 1.35 bits per heavy atom. The second kappa shape index (κ2) is 4.58. The van der Waals surface area contributed by atoms with Crippen molar-refractivity contribution < 1.29 is 9.53 Å². The summed E-state index contributed by atoms with van der Waals surface area (Å²) in [6, 6.07) is 1.57. The number of rotatable bonds is 5. The first-order chi connectivity index (χ1) is 8.29. The van der Waals surface area contributed by atoms with E-state index in [9.17, 15) is 4.79 Å². The molecule has 2 aliphatic heterocycles. The summed E-state index contributed by atoms with van der Waals surface area (Å²) in [5, 5.41) is 3.55. The highest BCUT2D eigenvalue weighted by Crippen LogP contribution is 2.36. The van der Waals surface area contributed by atoms with E-state index in [1.165, 1.54) is 25.7 Å². The Balaban J connectivity index is 1.62. The first-order valence-electron chi connectivity index (χ1n) is 6.85. The van der Waals surface area contributed by atoms with E-state index in [-0.39, 0.29) is 5.92 Å². The fraction of sp³-hybridized carbons (Fsp3) is 0.923. The molecule has 1 saturated carbocycles. The minimum absolute atomic E-state index is 0.242. The predicted octanol–water partition coefficient (Wildman–Crippen LogP) is 0.764. The monoisotopic (exact) mass is 238 g/mol. The van der Waals surface area contributed by atoms with Gasteiger partial charge in [-0.25, -0.2) is 0 Å². The van der Waals surface area contributed by atoms with Crippen molar-refractivity contribution in [1.82, 2.24) is 10.2 Å². The summed E-state index contributed by atoms with van der Waals surface area (Å²) in [6.07, 6.45) is 5.87. The minimum atomic E-state index is 0.242. The highest BCUT2D eigenvalue weighted by atomic mass is 16.5. The fourth-order valence-electron chi connectivity index (χ4n) is 3.36. The van der Waals surface area contributed by atoms with Crippen molar-refractivity contribution in [2.45, 2.75) is 50.2 Å². The van der Waals surface area contributed by atoms with Crippen LogP contribution in [-0.4, -0.2) is 49.2 Å². The van der Waals surface area contributed by atoms with Crippen molar-refractivity contribution in [2.75, 3.05) is 20.3 Å². The number of carbonyl (C=O) groups is 1. The molecule has 0 spiro atoms. The molecule has 0 aromatic heterocycles. The maximum absolute atomic E-state index is 12.6. The van der Waals surface area contributed by atoms with Crippen molar-refractivity contribution in [2.24, 2.45) is 5.92 Å². The molecule has 1 aliphatic carbocycles. The molecular weight excluding hydrogens is 216 g/mol. The third-order valence-electron chi connectivity index (χ3n) is 4.42. The Hall–Kier alpha value is -0.610. The van der Waals surface area contributed by atoms with E-state index in [2.05, 4.69) is 10.2 Å². The lowest BCUT2D eigenvalue weighted by molar-refractivity contribution is -0.137. The summed E-state index contributed by atoms with van der Waals surface area (Å²) in [7, 11) is 1.70. The van der Waals surface area contributed by atoms with E-state index in [0.717, 1.165) is 13.0 Å². The van der Waals surface area contributed by atoms with Crippen molar-refractivity contribution in [3.05, 3.63) is 0 Å². The molecule has 96 valence electrons. The SMILES string of the molecule is COCCN(C(=O)C1CC2CCC1N2)C1CC1. The highest BCUT2D eigenvalue weighted by molar-refractivity contribution is 5.81. The zero-order valence-corrected chi connectivity index (χ0v) is 10.5. The molecule has 0 radical (unpaired) electrons. The van der Waals surface area contributed by atoms with Crippen molar-refractivity contribution in [1.29, 1.82) is 0 Å². The second-order valence-electron chi connectivity index (χ2n) is 5.65. The van der Waals surface area contributed by atoms with E-state index < -0.39 is 0 Å². The molecule has 3 fully saturated rings. The van der Waals surface area contributed by atoms with Crippen LogP contribution >= 0.6 is 0 Å². The smallest absolute Gasteiger partial charge is 0.227 e. The van der Waals surface area contributed by atoms with Gasteiger partial charge in [0.2, 0.25) is 5.91 Å². The number of carbonyl (C=O) groups excluding carboxylic acids is 1. The van der Waals surface area contributed by atoms with Crippen LogP contribution in [0.3, 0.4) is 0 Å². The lowest BCUT2D eigenvalue weighted by Gasteiger charge is -2.28. The van der Waals surface area contributed by atoms with Crippen LogP contribution in [0, 0.1) is 5.92 Å². The standard InChI is InChI=1S/C13H22N2O2/c1-17-7-6-15(10-3-4-10)13(16)11-8-9-2-5-12(11)14-9/h9-12,14H,2-8H2,1H3. The topological polar surface area (TPSA) is 41.6 Å². The average molecular weight is 238 g/mol. The van der Waals surface area contributed by atoms with Gasteiger partial charge in [0.15, 0.2) is 0 Å². The van der Waals surface area contributed by atoms with Crippen LogP contribution < -0.4 is 5.32 Å². The van der Waals surface area contributed by atoms with Gasteiger partial charge >= 0.3 is 0 Å². The van der Waals surface area contributed by atoms with Gasteiger partial charge in [-0.05, 0) is 32.1 Å². The third-order valence-corrected chi connectivity index (χ3v) is 4.42. The maximum Gasteiger partial charge on any atom is 0.227 e. The molecule has 1 amide bonds. The van der Waals surface area contributed by atoms with Crippen molar-refractivity contribution >= 4 is 5.91 Å². The molecule has 0 aromatic carbocycles. The number of methoxy groups -OCH3 is 1. The van der Waals surface area contributed by atoms with Crippen molar-refractivity contribution in [3.8, 4) is 0 Å². The summed E-state index contributed by atoms with van der Waals surface area (Å²) in [5.74, 6) is 0.621. The summed E-state index contributed by atoms with van der Waals surface area (Å²) in [4.78, 5) is 14.6. The molecule has 3 aliphatic rings. The molecule has 1 N–H and O–H groups in total. The summed E-state index contributed by atoms with van der Waals surface area (Å²) >= 11 is 0. The molecular formula is C13H22N2O2. The summed E-state index contributed by atoms with van der Waals surface area (Å²) < 4.78 is 5.12. The Bertz CT molecular complexity index is 304. The van der Waals surface area contributed by atoms with Gasteiger partial charge in [0.05, 0.1) is 12.5 Å². The van der Waals surface area contributed by atoms with Crippen LogP contribution in [0.4, 0.5) is 0 Å². The number of amides is 1. The Kier molecular flexibility index (Phi) is 3.09. The van der Waals surface area contributed by atoms with Gasteiger partial charge in [0, 0.05) is 31.8 Å². The minimum Gasteiger partial charge on any atom is -0.383 e. The Morgan fingerprint density at radius 2 is 2.18 bits per heavy atom. The highest BCUT2D eigenvalue weighted by Gasteiger charge is 2.46. The van der Waals surface area contributed by atoms with Crippen molar-refractivity contribution in [3.63, 3.8) is 0 Å². The van der Waals surface area contributed by atoms with Gasteiger partial charge in [-0.3, -0.25) is 4.79 Å². The van der Waals surface area contributed by atoms with Crippen LogP contribution in [0.2, 0.25) is 0 Å². The Labute approximate surface area is 103 Å². The summed E-state index contributed by atoms with van der Waals surface area (Å²) in [6.45, 7) is 1.43. The number of hydrogen-bond acceptors (Lipinski definition) is 3. The van der Waals surface area contributed by atoms with E-state index in [1.807, 2.05) is 0 Å². The van der Waals surface area contributed by atoms with Gasteiger partial charge in [-0.15, -0.1) is 0 Å². The van der Waals surface area contributed by atoms with E-state index in [1.54, 1.807) is 7.11 Å². The largest absolute Gasteiger partial charge is 0.383 e. The van der Waals surface area contributed by atoms with E-state index >= 15 is 0 Å². The number of nitrogens with zero attached hydrogens (tertiary/aromatic N) is 1. The van der Waals surface area contributed by atoms with E-state index in [0.29, 0.717) is 30.6 Å². The normalized spacial score (nSPS) is 35.2. The molecule has 2 bridgehead atoms. The zero-order valence-electron chi connectivity index (χ0n) is 10.5. The first-order valence-corrected chi connectivity index (χ1v) is 6.85. The quantitative estimate of drug-likeness (QED) is 0.769. The Morgan fingerprint density at radius 3 is 2.71 bits per heavy atom. The third kappa shape index (κ3) is 2.20. The van der Waals surface area contributed by atoms with Crippen LogP contribution in [0.5, 0.6) is 0 Å². The van der Waals surface area contributed by atoms with E-state index in [4.69, 9.17) is 4.74 Å². The molecule has 3 unspecified atom stereocenters.